The van der Waals surface area contributed by atoms with Gasteiger partial charge in [-0.25, -0.2) is 0 Å². The summed E-state index contributed by atoms with van der Waals surface area (Å²) in [6.07, 6.45) is -6.59. The van der Waals surface area contributed by atoms with Crippen LogP contribution >= 0.6 is 0 Å². The third kappa shape index (κ3) is 7.10. The molecular weight excluding hydrogens is 415 g/mol. The SMILES string of the molecule is C[C@H](CO)N1C[C@H](C)[C@H](CN(C)C)Oc2ccc(NC(=O)CCC(F)(F)F)cc2C1=O. The van der Waals surface area contributed by atoms with E-state index >= 15 is 0 Å². The maximum Gasteiger partial charge on any atom is 0.389 e. The Morgan fingerprint density at radius 2 is 2.06 bits per heavy atom. The van der Waals surface area contributed by atoms with Gasteiger partial charge in [0, 0.05) is 31.1 Å². The fourth-order valence-electron chi connectivity index (χ4n) is 3.36. The minimum absolute atomic E-state index is 0.0183. The lowest BCUT2D eigenvalue weighted by Gasteiger charge is -2.37. The van der Waals surface area contributed by atoms with E-state index in [1.807, 2.05) is 25.9 Å². The molecule has 1 aliphatic rings. The Kier molecular flexibility index (Phi) is 8.30. The van der Waals surface area contributed by atoms with Gasteiger partial charge in [-0.1, -0.05) is 6.92 Å². The monoisotopic (exact) mass is 445 g/mol. The van der Waals surface area contributed by atoms with E-state index in [9.17, 15) is 27.9 Å². The molecule has 2 N–H and O–H groups in total. The predicted molar refractivity (Wildman–Crippen MR) is 110 cm³/mol. The summed E-state index contributed by atoms with van der Waals surface area (Å²) in [6, 6.07) is 4.00. The Bertz CT molecular complexity index is 786. The van der Waals surface area contributed by atoms with Crippen molar-refractivity contribution in [2.24, 2.45) is 5.92 Å². The molecule has 0 unspecified atom stereocenters. The summed E-state index contributed by atoms with van der Waals surface area (Å²) in [6.45, 7) is 4.45. The van der Waals surface area contributed by atoms with Gasteiger partial charge in [0.1, 0.15) is 11.9 Å². The predicted octanol–water partition coefficient (Wildman–Crippen LogP) is 2.75. The first-order valence-corrected chi connectivity index (χ1v) is 10.1. The van der Waals surface area contributed by atoms with Crippen molar-refractivity contribution in [1.29, 1.82) is 0 Å². The summed E-state index contributed by atoms with van der Waals surface area (Å²) in [7, 11) is 3.82. The highest BCUT2D eigenvalue weighted by Gasteiger charge is 2.33. The van der Waals surface area contributed by atoms with Crippen molar-refractivity contribution in [3.63, 3.8) is 0 Å². The van der Waals surface area contributed by atoms with Crippen LogP contribution in [0.1, 0.15) is 37.0 Å². The summed E-state index contributed by atoms with van der Waals surface area (Å²) < 4.78 is 43.2. The highest BCUT2D eigenvalue weighted by Crippen LogP contribution is 2.31. The third-order valence-electron chi connectivity index (χ3n) is 5.13. The number of likely N-dealkylation sites (N-methyl/N-ethyl adjacent to an activating group) is 1. The standard InChI is InChI=1S/C21H30F3N3O4/c1-13-10-27(14(2)12-28)20(30)16-9-15(25-19(29)7-8-21(22,23)24)5-6-17(16)31-18(13)11-26(3)4/h5-6,9,13-14,18,28H,7-8,10-12H2,1-4H3,(H,25,29)/t13-,14+,18-/m0/s1. The number of rotatable bonds is 7. The Labute approximate surface area is 180 Å². The molecule has 0 saturated carbocycles. The Balaban J connectivity index is 2.34. The van der Waals surface area contributed by atoms with Crippen molar-refractivity contribution < 1.29 is 32.6 Å². The largest absolute Gasteiger partial charge is 0.488 e. The van der Waals surface area contributed by atoms with E-state index in [1.54, 1.807) is 11.8 Å². The lowest BCUT2D eigenvalue weighted by molar-refractivity contribution is -0.142. The van der Waals surface area contributed by atoms with Crippen LogP contribution in [0.25, 0.3) is 0 Å². The van der Waals surface area contributed by atoms with Crippen LogP contribution in [-0.4, -0.2) is 78.8 Å². The molecule has 10 heteroatoms. The summed E-state index contributed by atoms with van der Waals surface area (Å²) in [5, 5.41) is 12.0. The molecule has 1 aromatic carbocycles. The zero-order valence-electron chi connectivity index (χ0n) is 18.2. The number of nitrogens with one attached hydrogen (secondary N) is 1. The molecule has 0 aliphatic carbocycles. The minimum Gasteiger partial charge on any atom is -0.488 e. The van der Waals surface area contributed by atoms with Crippen molar-refractivity contribution in [3.05, 3.63) is 23.8 Å². The number of benzene rings is 1. The number of carbonyl (C=O) groups is 2. The highest BCUT2D eigenvalue weighted by molar-refractivity contribution is 5.99. The minimum atomic E-state index is -4.42. The number of hydrogen-bond acceptors (Lipinski definition) is 5. The normalized spacial score (nSPS) is 20.5. The first-order valence-electron chi connectivity index (χ1n) is 10.1. The van der Waals surface area contributed by atoms with E-state index in [-0.39, 0.29) is 35.8 Å². The molecule has 2 rings (SSSR count). The van der Waals surface area contributed by atoms with Gasteiger partial charge in [-0.2, -0.15) is 13.2 Å². The van der Waals surface area contributed by atoms with Crippen LogP contribution in [0, 0.1) is 5.92 Å². The average Bonchev–Trinajstić information content (AvgIpc) is 2.68. The Morgan fingerprint density at radius 3 is 2.65 bits per heavy atom. The molecule has 2 amide bonds. The van der Waals surface area contributed by atoms with Gasteiger partial charge in [0.2, 0.25) is 5.91 Å². The van der Waals surface area contributed by atoms with Crippen molar-refractivity contribution in [2.45, 2.75) is 45.0 Å². The first-order chi connectivity index (χ1) is 14.4. The first kappa shape index (κ1) is 24.9. The Morgan fingerprint density at radius 1 is 1.39 bits per heavy atom. The van der Waals surface area contributed by atoms with Gasteiger partial charge < -0.3 is 25.0 Å². The molecule has 0 saturated heterocycles. The van der Waals surface area contributed by atoms with Gasteiger partial charge in [0.05, 0.1) is 24.6 Å². The van der Waals surface area contributed by atoms with E-state index in [2.05, 4.69) is 5.32 Å². The zero-order chi connectivity index (χ0) is 23.3. The molecule has 0 radical (unpaired) electrons. The second-order valence-electron chi connectivity index (χ2n) is 8.26. The quantitative estimate of drug-likeness (QED) is 0.675. The number of alkyl halides is 3. The topological polar surface area (TPSA) is 82.1 Å². The number of nitrogens with zero attached hydrogens (tertiary/aromatic N) is 2. The van der Waals surface area contributed by atoms with Gasteiger partial charge in [0.15, 0.2) is 0 Å². The van der Waals surface area contributed by atoms with Gasteiger partial charge in [-0.15, -0.1) is 0 Å². The number of amides is 2. The number of anilines is 1. The summed E-state index contributed by atoms with van der Waals surface area (Å²) in [5.74, 6) is -0.864. The zero-order valence-corrected chi connectivity index (χ0v) is 18.2. The fourth-order valence-corrected chi connectivity index (χ4v) is 3.36. The molecule has 0 aromatic heterocycles. The highest BCUT2D eigenvalue weighted by atomic mass is 19.4. The lowest BCUT2D eigenvalue weighted by atomic mass is 9.99. The summed E-state index contributed by atoms with van der Waals surface area (Å²) in [5.41, 5.74) is 0.391. The number of fused-ring (bicyclic) bond motifs is 1. The van der Waals surface area contributed by atoms with Crippen LogP contribution in [0.4, 0.5) is 18.9 Å². The second kappa shape index (κ2) is 10.3. The van der Waals surface area contributed by atoms with Crippen LogP contribution in [0.5, 0.6) is 5.75 Å². The molecule has 31 heavy (non-hydrogen) atoms. The van der Waals surface area contributed by atoms with Crippen molar-refractivity contribution in [1.82, 2.24) is 9.80 Å². The molecule has 3 atom stereocenters. The van der Waals surface area contributed by atoms with Crippen molar-refractivity contribution in [3.8, 4) is 5.75 Å². The molecular formula is C21H30F3N3O4. The molecule has 1 heterocycles. The molecule has 1 aromatic rings. The van der Waals surface area contributed by atoms with Crippen LogP contribution in [-0.2, 0) is 4.79 Å². The van der Waals surface area contributed by atoms with Crippen molar-refractivity contribution >= 4 is 17.5 Å². The number of ether oxygens (including phenoxy) is 1. The van der Waals surface area contributed by atoms with E-state index in [0.717, 1.165) is 0 Å². The molecule has 0 fully saturated rings. The average molecular weight is 445 g/mol. The van der Waals surface area contributed by atoms with E-state index < -0.39 is 31.0 Å². The van der Waals surface area contributed by atoms with Gasteiger partial charge >= 0.3 is 6.18 Å². The van der Waals surface area contributed by atoms with E-state index in [1.165, 1.54) is 18.2 Å². The van der Waals surface area contributed by atoms with E-state index in [4.69, 9.17) is 4.74 Å². The van der Waals surface area contributed by atoms with Crippen LogP contribution in [0.15, 0.2) is 18.2 Å². The van der Waals surface area contributed by atoms with Gasteiger partial charge in [-0.3, -0.25) is 9.59 Å². The number of carbonyl (C=O) groups excluding carboxylic acids is 2. The lowest BCUT2D eigenvalue weighted by Crippen LogP contribution is -2.49. The molecule has 0 bridgehead atoms. The molecule has 0 spiro atoms. The fraction of sp³-hybridized carbons (Fsp3) is 0.619. The number of halogens is 3. The van der Waals surface area contributed by atoms with Crippen LogP contribution in [0.2, 0.25) is 0 Å². The van der Waals surface area contributed by atoms with Crippen LogP contribution < -0.4 is 10.1 Å². The van der Waals surface area contributed by atoms with E-state index in [0.29, 0.717) is 18.8 Å². The maximum absolute atomic E-state index is 13.2. The smallest absolute Gasteiger partial charge is 0.389 e. The van der Waals surface area contributed by atoms with Gasteiger partial charge in [-0.05, 0) is 39.2 Å². The number of aliphatic hydroxyl groups is 1. The summed E-state index contributed by atoms with van der Waals surface area (Å²) in [4.78, 5) is 28.6. The molecule has 174 valence electrons. The van der Waals surface area contributed by atoms with Crippen LogP contribution in [0.3, 0.4) is 0 Å². The number of aliphatic hydroxyl groups excluding tert-OH is 1. The summed E-state index contributed by atoms with van der Waals surface area (Å²) >= 11 is 0. The number of hydrogen-bond donors (Lipinski definition) is 2. The van der Waals surface area contributed by atoms with Gasteiger partial charge in [0.25, 0.3) is 5.91 Å². The van der Waals surface area contributed by atoms with Crippen molar-refractivity contribution in [2.75, 3.05) is 39.1 Å². The third-order valence-corrected chi connectivity index (χ3v) is 5.13. The molecule has 7 nitrogen and oxygen atoms in total. The molecule has 1 aliphatic heterocycles. The Hall–Kier alpha value is -2.33. The second-order valence-corrected chi connectivity index (χ2v) is 8.26. The maximum atomic E-state index is 13.2.